The number of piperazine rings is 1. The molecular weight excluding hydrogens is 344 g/mol. The quantitative estimate of drug-likeness (QED) is 0.802. The minimum absolute atomic E-state index is 0.0121. The molecule has 5 rings (SSSR count). The second-order valence-electron chi connectivity index (χ2n) is 10.7. The van der Waals surface area contributed by atoms with Gasteiger partial charge in [-0.05, 0) is 76.5 Å². The Bertz CT molecular complexity index is 604. The lowest BCUT2D eigenvalue weighted by Crippen LogP contribution is -2.57. The van der Waals surface area contributed by atoms with Crippen molar-refractivity contribution in [3.63, 3.8) is 0 Å². The van der Waals surface area contributed by atoms with E-state index in [9.17, 15) is 14.7 Å². The molecule has 4 saturated carbocycles. The molecule has 0 aromatic carbocycles. The van der Waals surface area contributed by atoms with Gasteiger partial charge in [0.15, 0.2) is 0 Å². The van der Waals surface area contributed by atoms with Crippen molar-refractivity contribution in [1.82, 2.24) is 9.80 Å². The number of nitrogens with zero attached hydrogens (tertiary/aromatic N) is 2. The van der Waals surface area contributed by atoms with Gasteiger partial charge in [0.2, 0.25) is 5.91 Å². The van der Waals surface area contributed by atoms with Crippen LogP contribution in [0.25, 0.3) is 0 Å². The largest absolute Gasteiger partial charge is 0.444 e. The fraction of sp³-hybridized carbons (Fsp3) is 0.905. The fourth-order valence-corrected chi connectivity index (χ4v) is 6.51. The summed E-state index contributed by atoms with van der Waals surface area (Å²) in [5, 5.41) is 10.9. The Kier molecular flexibility index (Phi) is 4.48. The smallest absolute Gasteiger partial charge is 0.410 e. The highest BCUT2D eigenvalue weighted by Gasteiger charge is 2.57. The third-order valence-electron chi connectivity index (χ3n) is 6.96. The van der Waals surface area contributed by atoms with Crippen LogP contribution in [0.2, 0.25) is 0 Å². The minimum atomic E-state index is -0.514. The van der Waals surface area contributed by atoms with Gasteiger partial charge in [-0.2, -0.15) is 0 Å². The summed E-state index contributed by atoms with van der Waals surface area (Å²) < 4.78 is 5.43. The van der Waals surface area contributed by atoms with E-state index in [2.05, 4.69) is 0 Å². The van der Waals surface area contributed by atoms with Crippen LogP contribution in [0.3, 0.4) is 0 Å². The number of ether oxygens (including phenoxy) is 1. The Morgan fingerprint density at radius 2 is 1.56 bits per heavy atom. The lowest BCUT2D eigenvalue weighted by molar-refractivity contribution is -0.172. The molecule has 2 amide bonds. The van der Waals surface area contributed by atoms with Gasteiger partial charge in [-0.1, -0.05) is 0 Å². The zero-order valence-corrected chi connectivity index (χ0v) is 17.0. The third-order valence-corrected chi connectivity index (χ3v) is 6.96. The molecule has 1 saturated heterocycles. The summed E-state index contributed by atoms with van der Waals surface area (Å²) in [6.45, 7) is 7.81. The van der Waals surface area contributed by atoms with E-state index in [1.54, 1.807) is 4.90 Å². The van der Waals surface area contributed by atoms with Crippen molar-refractivity contribution in [2.75, 3.05) is 26.2 Å². The van der Waals surface area contributed by atoms with Crippen molar-refractivity contribution < 1.29 is 19.4 Å². The van der Waals surface area contributed by atoms with Crippen LogP contribution in [-0.4, -0.2) is 64.3 Å². The van der Waals surface area contributed by atoms with Crippen LogP contribution >= 0.6 is 0 Å². The Morgan fingerprint density at radius 1 is 1.00 bits per heavy atom. The standard InChI is InChI=1S/C21H34N2O4/c1-19(2,3)27-18(25)23-6-4-22(5-7-23)17(24)13-20-9-15-8-16(10-20)12-21(26,11-15)14-20/h15-16,26H,4-14H2,1-3H3. The van der Waals surface area contributed by atoms with Gasteiger partial charge in [0.25, 0.3) is 0 Å². The summed E-state index contributed by atoms with van der Waals surface area (Å²) in [6, 6.07) is 0. The molecule has 0 aromatic heterocycles. The number of aliphatic hydroxyl groups is 1. The first-order valence-electron chi connectivity index (χ1n) is 10.5. The summed E-state index contributed by atoms with van der Waals surface area (Å²) in [5.74, 6) is 1.41. The summed E-state index contributed by atoms with van der Waals surface area (Å²) in [7, 11) is 0. The van der Waals surface area contributed by atoms with Crippen LogP contribution in [0.1, 0.15) is 65.7 Å². The first-order chi connectivity index (χ1) is 12.5. The molecule has 2 atom stereocenters. The van der Waals surface area contributed by atoms with E-state index < -0.39 is 11.2 Å². The van der Waals surface area contributed by atoms with Crippen LogP contribution in [0.5, 0.6) is 0 Å². The Labute approximate surface area is 162 Å². The topological polar surface area (TPSA) is 70.1 Å². The number of carbonyl (C=O) groups is 2. The Hall–Kier alpha value is -1.30. The molecule has 27 heavy (non-hydrogen) atoms. The molecule has 4 aliphatic carbocycles. The molecule has 1 heterocycles. The minimum Gasteiger partial charge on any atom is -0.444 e. The van der Waals surface area contributed by atoms with Crippen molar-refractivity contribution in [3.05, 3.63) is 0 Å². The Morgan fingerprint density at radius 3 is 2.07 bits per heavy atom. The SMILES string of the molecule is CC(C)(C)OC(=O)N1CCN(C(=O)CC23CC4CC(CC(O)(C4)C2)C3)CC1. The highest BCUT2D eigenvalue weighted by atomic mass is 16.6. The first kappa shape index (κ1) is 19.0. The predicted octanol–water partition coefficient (Wildman–Crippen LogP) is 2.79. The van der Waals surface area contributed by atoms with Gasteiger partial charge in [0.1, 0.15) is 5.60 Å². The van der Waals surface area contributed by atoms with Gasteiger partial charge in [-0.3, -0.25) is 4.79 Å². The lowest BCUT2D eigenvalue weighted by atomic mass is 9.47. The number of rotatable bonds is 2. The second-order valence-corrected chi connectivity index (χ2v) is 10.7. The molecule has 0 radical (unpaired) electrons. The second kappa shape index (κ2) is 6.36. The van der Waals surface area contributed by atoms with E-state index in [4.69, 9.17) is 4.74 Å². The fourth-order valence-electron chi connectivity index (χ4n) is 6.51. The van der Waals surface area contributed by atoms with Gasteiger partial charge in [0, 0.05) is 32.6 Å². The number of amides is 2. The van der Waals surface area contributed by atoms with Gasteiger partial charge in [-0.15, -0.1) is 0 Å². The maximum Gasteiger partial charge on any atom is 0.410 e. The summed E-state index contributed by atoms with van der Waals surface area (Å²) in [6.07, 6.45) is 6.41. The molecule has 0 spiro atoms. The number of carbonyl (C=O) groups excluding carboxylic acids is 2. The van der Waals surface area contributed by atoms with Crippen LogP contribution in [0.4, 0.5) is 4.79 Å². The van der Waals surface area contributed by atoms with Crippen LogP contribution in [0.15, 0.2) is 0 Å². The first-order valence-corrected chi connectivity index (χ1v) is 10.5. The van der Waals surface area contributed by atoms with E-state index in [0.29, 0.717) is 44.4 Å². The molecule has 1 N–H and O–H groups in total. The molecule has 5 fully saturated rings. The molecule has 6 nitrogen and oxygen atoms in total. The van der Waals surface area contributed by atoms with E-state index in [-0.39, 0.29) is 17.4 Å². The average molecular weight is 379 g/mol. The van der Waals surface area contributed by atoms with E-state index in [1.807, 2.05) is 25.7 Å². The highest BCUT2D eigenvalue weighted by Crippen LogP contribution is 2.62. The number of hydrogen-bond acceptors (Lipinski definition) is 4. The van der Waals surface area contributed by atoms with E-state index in [1.165, 1.54) is 6.42 Å². The van der Waals surface area contributed by atoms with Crippen molar-refractivity contribution in [1.29, 1.82) is 0 Å². The van der Waals surface area contributed by atoms with Crippen molar-refractivity contribution in [2.24, 2.45) is 17.3 Å². The monoisotopic (exact) mass is 378 g/mol. The van der Waals surface area contributed by atoms with Gasteiger partial charge >= 0.3 is 6.09 Å². The molecule has 0 aromatic rings. The van der Waals surface area contributed by atoms with Crippen molar-refractivity contribution in [3.8, 4) is 0 Å². The normalized spacial score (nSPS) is 38.2. The summed E-state index contributed by atoms with van der Waals surface area (Å²) in [4.78, 5) is 28.8. The zero-order chi connectivity index (χ0) is 19.4. The Balaban J connectivity index is 1.32. The average Bonchev–Trinajstić information content (AvgIpc) is 2.50. The molecule has 1 aliphatic heterocycles. The lowest BCUT2D eigenvalue weighted by Gasteiger charge is -2.60. The number of hydrogen-bond donors (Lipinski definition) is 1. The molecule has 152 valence electrons. The zero-order valence-electron chi connectivity index (χ0n) is 17.0. The van der Waals surface area contributed by atoms with Crippen LogP contribution < -0.4 is 0 Å². The third kappa shape index (κ3) is 3.96. The summed E-state index contributed by atoms with van der Waals surface area (Å²) in [5.41, 5.74) is -0.999. The molecule has 6 heteroatoms. The molecule has 5 aliphatic rings. The van der Waals surface area contributed by atoms with E-state index in [0.717, 1.165) is 32.1 Å². The molecule has 4 bridgehead atoms. The van der Waals surface area contributed by atoms with Gasteiger partial charge in [0.05, 0.1) is 5.60 Å². The van der Waals surface area contributed by atoms with Gasteiger partial charge in [-0.25, -0.2) is 4.79 Å². The van der Waals surface area contributed by atoms with E-state index >= 15 is 0 Å². The van der Waals surface area contributed by atoms with Crippen molar-refractivity contribution >= 4 is 12.0 Å². The highest BCUT2D eigenvalue weighted by molar-refractivity contribution is 5.77. The van der Waals surface area contributed by atoms with Crippen LogP contribution in [-0.2, 0) is 9.53 Å². The maximum atomic E-state index is 13.0. The summed E-state index contributed by atoms with van der Waals surface area (Å²) >= 11 is 0. The molecule has 2 unspecified atom stereocenters. The van der Waals surface area contributed by atoms with Crippen molar-refractivity contribution in [2.45, 2.75) is 76.9 Å². The molecular formula is C21H34N2O4. The maximum absolute atomic E-state index is 13.0. The van der Waals surface area contributed by atoms with Crippen LogP contribution in [0, 0.1) is 17.3 Å². The van der Waals surface area contributed by atoms with Gasteiger partial charge < -0.3 is 19.6 Å². The predicted molar refractivity (Wildman–Crippen MR) is 101 cm³/mol.